The van der Waals surface area contributed by atoms with Gasteiger partial charge < -0.3 is 4.90 Å². The van der Waals surface area contributed by atoms with Crippen molar-refractivity contribution in [3.8, 4) is 5.69 Å². The van der Waals surface area contributed by atoms with E-state index in [1.165, 1.54) is 29.5 Å². The molecule has 1 aliphatic heterocycles. The number of hydrogen-bond acceptors (Lipinski definition) is 5. The number of aromatic nitrogens is 2. The smallest absolute Gasteiger partial charge is 0.233 e. The molecule has 0 N–H and O–H groups in total. The average molecular weight is 380 g/mol. The van der Waals surface area contributed by atoms with Crippen LogP contribution in [-0.2, 0) is 4.79 Å². The van der Waals surface area contributed by atoms with Gasteiger partial charge >= 0.3 is 0 Å². The third-order valence-corrected chi connectivity index (χ3v) is 6.62. The second kappa shape index (κ2) is 8.27. The number of nitrogens with zero attached hydrogens (tertiary/aromatic N) is 3. The SMILES string of the molecule is CC[C@H]1CCCCN1C(=O)CSc1nn(-c2ccccc2)c(=S)s1. The molecule has 7 heteroatoms. The molecule has 0 spiro atoms. The van der Waals surface area contributed by atoms with Gasteiger partial charge in [-0.3, -0.25) is 4.79 Å². The van der Waals surface area contributed by atoms with E-state index in [9.17, 15) is 4.79 Å². The molecule has 0 aliphatic carbocycles. The standard InChI is InChI=1S/C17H21N3OS3/c1-2-13-8-6-7-11-19(13)15(21)12-23-16-18-20(17(22)24-16)14-9-4-3-5-10-14/h3-5,9-10,13H,2,6-8,11-12H2,1H3/t13-/m0/s1. The van der Waals surface area contributed by atoms with Gasteiger partial charge in [0.05, 0.1) is 11.4 Å². The molecular weight excluding hydrogens is 358 g/mol. The van der Waals surface area contributed by atoms with Crippen molar-refractivity contribution >= 4 is 41.2 Å². The number of amides is 1. The zero-order valence-electron chi connectivity index (χ0n) is 13.7. The lowest BCUT2D eigenvalue weighted by atomic mass is 10.0. The number of carbonyl (C=O) groups excluding carboxylic acids is 1. The molecule has 1 aromatic carbocycles. The second-order valence-corrected chi connectivity index (χ2v) is 8.66. The molecular formula is C17H21N3OS3. The van der Waals surface area contributed by atoms with Crippen LogP contribution in [-0.4, -0.2) is 38.9 Å². The number of likely N-dealkylation sites (tertiary alicyclic amines) is 1. The minimum absolute atomic E-state index is 0.221. The zero-order valence-corrected chi connectivity index (χ0v) is 16.1. The molecule has 128 valence electrons. The molecule has 0 saturated carbocycles. The van der Waals surface area contributed by atoms with Gasteiger partial charge in [0.25, 0.3) is 0 Å². The monoisotopic (exact) mass is 379 g/mol. The Morgan fingerprint density at radius 3 is 2.92 bits per heavy atom. The van der Waals surface area contributed by atoms with Crippen molar-refractivity contribution in [1.29, 1.82) is 0 Å². The predicted molar refractivity (Wildman–Crippen MR) is 103 cm³/mol. The van der Waals surface area contributed by atoms with Gasteiger partial charge in [0.1, 0.15) is 0 Å². The first kappa shape index (κ1) is 17.6. The number of thioether (sulfide) groups is 1. The number of piperidine rings is 1. The van der Waals surface area contributed by atoms with Crippen molar-refractivity contribution in [2.45, 2.75) is 43.0 Å². The molecule has 1 atom stereocenters. The van der Waals surface area contributed by atoms with Crippen LogP contribution in [0, 0.1) is 3.95 Å². The van der Waals surface area contributed by atoms with Crippen LogP contribution in [0.3, 0.4) is 0 Å². The van der Waals surface area contributed by atoms with Crippen molar-refractivity contribution < 1.29 is 4.79 Å². The fourth-order valence-corrected chi connectivity index (χ4v) is 5.26. The maximum atomic E-state index is 12.6. The third-order valence-electron chi connectivity index (χ3n) is 4.27. The number of benzene rings is 1. The number of rotatable bonds is 5. The van der Waals surface area contributed by atoms with Gasteiger partial charge in [0, 0.05) is 12.6 Å². The lowest BCUT2D eigenvalue weighted by Crippen LogP contribution is -2.44. The Bertz CT molecular complexity index is 741. The summed E-state index contributed by atoms with van der Waals surface area (Å²) in [5, 5.41) is 4.56. The topological polar surface area (TPSA) is 38.1 Å². The van der Waals surface area contributed by atoms with E-state index in [-0.39, 0.29) is 5.91 Å². The van der Waals surface area contributed by atoms with Crippen LogP contribution in [0.15, 0.2) is 34.7 Å². The predicted octanol–water partition coefficient (Wildman–Crippen LogP) is 4.55. The summed E-state index contributed by atoms with van der Waals surface area (Å²) in [5.74, 6) is 0.659. The highest BCUT2D eigenvalue weighted by Crippen LogP contribution is 2.26. The highest BCUT2D eigenvalue weighted by atomic mass is 32.2. The van der Waals surface area contributed by atoms with E-state index in [0.717, 1.165) is 35.8 Å². The van der Waals surface area contributed by atoms with Crippen LogP contribution < -0.4 is 0 Å². The molecule has 4 nitrogen and oxygen atoms in total. The summed E-state index contributed by atoms with van der Waals surface area (Å²) in [4.78, 5) is 14.6. The van der Waals surface area contributed by atoms with Crippen LogP contribution >= 0.6 is 35.3 Å². The first-order chi connectivity index (χ1) is 11.7. The average Bonchev–Trinajstić information content (AvgIpc) is 3.01. The highest BCUT2D eigenvalue weighted by Gasteiger charge is 2.25. The summed E-state index contributed by atoms with van der Waals surface area (Å²) in [6, 6.07) is 10.3. The maximum absolute atomic E-state index is 12.6. The summed E-state index contributed by atoms with van der Waals surface area (Å²) >= 11 is 8.36. The van der Waals surface area contributed by atoms with E-state index in [1.807, 2.05) is 30.3 Å². The van der Waals surface area contributed by atoms with Gasteiger partial charge in [-0.05, 0) is 50.0 Å². The summed E-state index contributed by atoms with van der Waals surface area (Å²) in [5.41, 5.74) is 0.957. The third kappa shape index (κ3) is 4.07. The van der Waals surface area contributed by atoms with Gasteiger partial charge in [-0.25, -0.2) is 4.68 Å². The largest absolute Gasteiger partial charge is 0.339 e. The van der Waals surface area contributed by atoms with Gasteiger partial charge in [0.2, 0.25) is 5.91 Å². The van der Waals surface area contributed by atoms with Gasteiger partial charge in [-0.15, -0.1) is 5.10 Å². The van der Waals surface area contributed by atoms with E-state index >= 15 is 0 Å². The number of para-hydroxylation sites is 1. The molecule has 3 rings (SSSR count). The Labute approximate surface area is 155 Å². The highest BCUT2D eigenvalue weighted by molar-refractivity contribution is 8.01. The quantitative estimate of drug-likeness (QED) is 0.564. The Hall–Kier alpha value is -1.18. The molecule has 1 saturated heterocycles. The summed E-state index contributed by atoms with van der Waals surface area (Å²) in [6.45, 7) is 3.06. The second-order valence-electron chi connectivity index (χ2n) is 5.81. The lowest BCUT2D eigenvalue weighted by molar-refractivity contribution is -0.132. The van der Waals surface area contributed by atoms with E-state index in [0.29, 0.717) is 15.7 Å². The van der Waals surface area contributed by atoms with E-state index in [2.05, 4.69) is 16.9 Å². The van der Waals surface area contributed by atoms with Crippen LogP contribution in [0.4, 0.5) is 0 Å². The van der Waals surface area contributed by atoms with Gasteiger partial charge in [-0.1, -0.05) is 48.2 Å². The minimum Gasteiger partial charge on any atom is -0.339 e. The molecule has 1 aromatic heterocycles. The summed E-state index contributed by atoms with van der Waals surface area (Å²) in [7, 11) is 0. The first-order valence-corrected chi connectivity index (χ1v) is 10.5. The van der Waals surface area contributed by atoms with Crippen molar-refractivity contribution in [2.24, 2.45) is 0 Å². The van der Waals surface area contributed by atoms with Crippen LogP contribution in [0.5, 0.6) is 0 Å². The molecule has 1 amide bonds. The van der Waals surface area contributed by atoms with Crippen molar-refractivity contribution in [3.63, 3.8) is 0 Å². The molecule has 2 heterocycles. The molecule has 1 aliphatic rings. The van der Waals surface area contributed by atoms with Crippen molar-refractivity contribution in [2.75, 3.05) is 12.3 Å². The number of carbonyl (C=O) groups is 1. The Morgan fingerprint density at radius 1 is 1.38 bits per heavy atom. The van der Waals surface area contributed by atoms with Gasteiger partial charge in [0.15, 0.2) is 8.29 Å². The molecule has 2 aromatic rings. The summed E-state index contributed by atoms with van der Waals surface area (Å²) in [6.07, 6.45) is 4.53. The Balaban J connectivity index is 1.65. The van der Waals surface area contributed by atoms with Crippen molar-refractivity contribution in [3.05, 3.63) is 34.3 Å². The number of hydrogen-bond donors (Lipinski definition) is 0. The Morgan fingerprint density at radius 2 is 2.17 bits per heavy atom. The lowest BCUT2D eigenvalue weighted by Gasteiger charge is -2.35. The first-order valence-electron chi connectivity index (χ1n) is 8.27. The maximum Gasteiger partial charge on any atom is 0.233 e. The molecule has 0 bridgehead atoms. The van der Waals surface area contributed by atoms with Crippen LogP contribution in [0.25, 0.3) is 5.69 Å². The normalized spacial score (nSPS) is 17.9. The van der Waals surface area contributed by atoms with Crippen LogP contribution in [0.2, 0.25) is 0 Å². The summed E-state index contributed by atoms with van der Waals surface area (Å²) < 4.78 is 3.32. The van der Waals surface area contributed by atoms with E-state index in [4.69, 9.17) is 12.2 Å². The van der Waals surface area contributed by atoms with Crippen molar-refractivity contribution in [1.82, 2.24) is 14.7 Å². The fourth-order valence-electron chi connectivity index (χ4n) is 3.01. The minimum atomic E-state index is 0.221. The van der Waals surface area contributed by atoms with E-state index < -0.39 is 0 Å². The van der Waals surface area contributed by atoms with Crippen LogP contribution in [0.1, 0.15) is 32.6 Å². The van der Waals surface area contributed by atoms with Gasteiger partial charge in [-0.2, -0.15) is 0 Å². The molecule has 0 radical (unpaired) electrons. The molecule has 1 fully saturated rings. The van der Waals surface area contributed by atoms with E-state index in [1.54, 1.807) is 4.68 Å². The molecule has 0 unspecified atom stereocenters. The zero-order chi connectivity index (χ0) is 16.9. The molecule has 24 heavy (non-hydrogen) atoms. The Kier molecular flexibility index (Phi) is 6.08. The fraction of sp³-hybridized carbons (Fsp3) is 0.471.